The predicted octanol–water partition coefficient (Wildman–Crippen LogP) is 2.08. The summed E-state index contributed by atoms with van der Waals surface area (Å²) in [5.74, 6) is 0. The van der Waals surface area contributed by atoms with Crippen molar-refractivity contribution in [3.63, 3.8) is 0 Å². The van der Waals surface area contributed by atoms with Crippen molar-refractivity contribution in [3.8, 4) is 0 Å². The molecular formula is C9H12ClN3O2. The van der Waals surface area contributed by atoms with Crippen LogP contribution in [0.3, 0.4) is 0 Å². The number of carbonyl (C=O) groups is 1. The summed E-state index contributed by atoms with van der Waals surface area (Å²) in [5, 5.41) is 11.3. The third kappa shape index (κ3) is 2.66. The van der Waals surface area contributed by atoms with Gasteiger partial charge < -0.3 is 15.7 Å². The first kappa shape index (κ1) is 11.5. The topological polar surface area (TPSA) is 78.6 Å². The van der Waals surface area contributed by atoms with E-state index >= 15 is 0 Å². The maximum atomic E-state index is 10.5. The summed E-state index contributed by atoms with van der Waals surface area (Å²) in [7, 11) is 3.61. The van der Waals surface area contributed by atoms with E-state index in [9.17, 15) is 4.79 Å². The number of nitrogens with zero attached hydrogens (tertiary/aromatic N) is 1. The van der Waals surface area contributed by atoms with E-state index in [-0.39, 0.29) is 0 Å². The van der Waals surface area contributed by atoms with Crippen LogP contribution in [0.25, 0.3) is 0 Å². The maximum Gasteiger partial charge on any atom is 0.409 e. The summed E-state index contributed by atoms with van der Waals surface area (Å²) < 4.78 is 0. The van der Waals surface area contributed by atoms with Crippen LogP contribution in [0, 0.1) is 0 Å². The lowest BCUT2D eigenvalue weighted by Crippen LogP contribution is -2.13. The summed E-state index contributed by atoms with van der Waals surface area (Å²) in [4.78, 5) is 12.2. The highest BCUT2D eigenvalue weighted by atomic mass is 35.5. The monoisotopic (exact) mass is 229 g/mol. The average molecular weight is 230 g/mol. The van der Waals surface area contributed by atoms with Gasteiger partial charge in [0.05, 0.1) is 22.1 Å². The van der Waals surface area contributed by atoms with E-state index in [1.807, 2.05) is 14.1 Å². The van der Waals surface area contributed by atoms with Crippen molar-refractivity contribution in [2.24, 2.45) is 0 Å². The smallest absolute Gasteiger partial charge is 0.409 e. The predicted molar refractivity (Wildman–Crippen MR) is 61.8 cm³/mol. The molecule has 1 aromatic rings. The normalized spacial score (nSPS) is 9.80. The second-order valence-electron chi connectivity index (χ2n) is 3.22. The van der Waals surface area contributed by atoms with Gasteiger partial charge in [0, 0.05) is 14.1 Å². The van der Waals surface area contributed by atoms with Crippen molar-refractivity contribution in [1.82, 2.24) is 0 Å². The first-order valence-electron chi connectivity index (χ1n) is 4.18. The van der Waals surface area contributed by atoms with Gasteiger partial charge in [0.1, 0.15) is 0 Å². The zero-order chi connectivity index (χ0) is 11.6. The molecule has 6 heteroatoms. The molecule has 1 rings (SSSR count). The van der Waals surface area contributed by atoms with Gasteiger partial charge in [-0.25, -0.2) is 4.79 Å². The van der Waals surface area contributed by atoms with Crippen molar-refractivity contribution in [2.75, 3.05) is 30.0 Å². The van der Waals surface area contributed by atoms with E-state index < -0.39 is 6.09 Å². The molecule has 0 radical (unpaired) electrons. The number of anilines is 3. The van der Waals surface area contributed by atoms with Crippen LogP contribution in [0.2, 0.25) is 5.02 Å². The number of nitrogen functional groups attached to an aromatic ring is 1. The molecule has 0 aliphatic heterocycles. The van der Waals surface area contributed by atoms with E-state index in [1.54, 1.807) is 11.0 Å². The summed E-state index contributed by atoms with van der Waals surface area (Å²) in [6, 6.07) is 3.11. The van der Waals surface area contributed by atoms with Gasteiger partial charge in [0.25, 0.3) is 0 Å². The van der Waals surface area contributed by atoms with E-state index in [0.717, 1.165) is 0 Å². The van der Waals surface area contributed by atoms with Crippen molar-refractivity contribution in [1.29, 1.82) is 0 Å². The highest BCUT2D eigenvalue weighted by molar-refractivity contribution is 6.33. The summed E-state index contributed by atoms with van der Waals surface area (Å²) in [5.41, 5.74) is 6.94. The first-order chi connectivity index (χ1) is 6.91. The lowest BCUT2D eigenvalue weighted by atomic mass is 10.2. The van der Waals surface area contributed by atoms with E-state index in [1.165, 1.54) is 6.07 Å². The zero-order valence-electron chi connectivity index (χ0n) is 8.41. The van der Waals surface area contributed by atoms with Crippen LogP contribution in [0.5, 0.6) is 0 Å². The number of hydrogen-bond acceptors (Lipinski definition) is 3. The molecule has 0 aliphatic carbocycles. The third-order valence-electron chi connectivity index (χ3n) is 1.84. The third-order valence-corrected chi connectivity index (χ3v) is 2.15. The Bertz CT molecular complexity index is 393. The van der Waals surface area contributed by atoms with Crippen molar-refractivity contribution in [3.05, 3.63) is 17.2 Å². The first-order valence-corrected chi connectivity index (χ1v) is 4.56. The molecule has 0 bridgehead atoms. The largest absolute Gasteiger partial charge is 0.465 e. The number of halogens is 1. The Balaban J connectivity index is 3.17. The van der Waals surface area contributed by atoms with Crippen LogP contribution in [-0.2, 0) is 0 Å². The Morgan fingerprint density at radius 2 is 2.13 bits per heavy atom. The Morgan fingerprint density at radius 1 is 1.53 bits per heavy atom. The van der Waals surface area contributed by atoms with E-state index in [2.05, 4.69) is 5.32 Å². The number of carboxylic acid groups (broad SMARTS) is 1. The van der Waals surface area contributed by atoms with Crippen molar-refractivity contribution >= 4 is 34.8 Å². The Kier molecular flexibility index (Phi) is 3.26. The SMILES string of the molecule is CN(C)c1cc(NC(=O)O)c(N)cc1Cl. The number of nitrogens with two attached hydrogens (primary N) is 1. The van der Waals surface area contributed by atoms with Gasteiger partial charge in [-0.15, -0.1) is 0 Å². The number of hydrogen-bond donors (Lipinski definition) is 3. The van der Waals surface area contributed by atoms with Gasteiger partial charge in [-0.05, 0) is 12.1 Å². The molecule has 4 N–H and O–H groups in total. The molecule has 0 unspecified atom stereocenters. The highest BCUT2D eigenvalue weighted by Gasteiger charge is 2.09. The van der Waals surface area contributed by atoms with Crippen LogP contribution in [0.1, 0.15) is 0 Å². The summed E-state index contributed by atoms with van der Waals surface area (Å²) in [6.07, 6.45) is -1.16. The second-order valence-corrected chi connectivity index (χ2v) is 3.62. The summed E-state index contributed by atoms with van der Waals surface area (Å²) >= 11 is 5.94. The molecule has 0 fully saturated rings. The van der Waals surface area contributed by atoms with Crippen molar-refractivity contribution in [2.45, 2.75) is 0 Å². The quantitative estimate of drug-likeness (QED) is 0.679. The molecule has 0 spiro atoms. The van der Waals surface area contributed by atoms with Crippen LogP contribution < -0.4 is 16.0 Å². The molecule has 5 nitrogen and oxygen atoms in total. The molecule has 1 amide bonds. The van der Waals surface area contributed by atoms with Crippen LogP contribution in [-0.4, -0.2) is 25.3 Å². The van der Waals surface area contributed by atoms with Crippen LogP contribution in [0.4, 0.5) is 21.9 Å². The fourth-order valence-corrected chi connectivity index (χ4v) is 1.48. The van der Waals surface area contributed by atoms with Gasteiger partial charge in [0.15, 0.2) is 0 Å². The number of amides is 1. The molecule has 0 heterocycles. The minimum absolute atomic E-state index is 0.299. The standard InChI is InChI=1S/C9H12ClN3O2/c1-13(2)8-4-7(12-9(14)15)6(11)3-5(8)10/h3-4,12H,11H2,1-2H3,(H,14,15). The molecule has 0 atom stereocenters. The second kappa shape index (κ2) is 4.27. The lowest BCUT2D eigenvalue weighted by Gasteiger charge is -2.17. The minimum atomic E-state index is -1.16. The molecule has 0 saturated heterocycles. The number of rotatable bonds is 2. The fourth-order valence-electron chi connectivity index (χ4n) is 1.14. The molecule has 1 aromatic carbocycles. The Labute approximate surface area is 92.4 Å². The van der Waals surface area contributed by atoms with Gasteiger partial charge >= 0.3 is 6.09 Å². The minimum Gasteiger partial charge on any atom is -0.465 e. The molecular weight excluding hydrogens is 218 g/mol. The van der Waals surface area contributed by atoms with E-state index in [4.69, 9.17) is 22.4 Å². The maximum absolute atomic E-state index is 10.5. The Hall–Kier alpha value is -1.62. The molecule has 0 aromatic heterocycles. The summed E-state index contributed by atoms with van der Waals surface area (Å²) in [6.45, 7) is 0. The molecule has 0 aliphatic rings. The number of nitrogens with one attached hydrogen (secondary N) is 1. The molecule has 0 saturated carbocycles. The lowest BCUT2D eigenvalue weighted by molar-refractivity contribution is 0.210. The van der Waals surface area contributed by atoms with Gasteiger partial charge in [-0.3, -0.25) is 5.32 Å². The zero-order valence-corrected chi connectivity index (χ0v) is 9.17. The molecule has 15 heavy (non-hydrogen) atoms. The Morgan fingerprint density at radius 3 is 2.60 bits per heavy atom. The molecule has 82 valence electrons. The van der Waals surface area contributed by atoms with Gasteiger partial charge in [-0.2, -0.15) is 0 Å². The van der Waals surface area contributed by atoms with Crippen LogP contribution >= 0.6 is 11.6 Å². The van der Waals surface area contributed by atoms with Crippen molar-refractivity contribution < 1.29 is 9.90 Å². The van der Waals surface area contributed by atoms with Gasteiger partial charge in [0.2, 0.25) is 0 Å². The van der Waals surface area contributed by atoms with Crippen LogP contribution in [0.15, 0.2) is 12.1 Å². The van der Waals surface area contributed by atoms with E-state index in [0.29, 0.717) is 22.1 Å². The fraction of sp³-hybridized carbons (Fsp3) is 0.222. The number of benzene rings is 1. The highest BCUT2D eigenvalue weighted by Crippen LogP contribution is 2.32. The van der Waals surface area contributed by atoms with Gasteiger partial charge in [-0.1, -0.05) is 11.6 Å². The average Bonchev–Trinajstić information content (AvgIpc) is 2.08.